The van der Waals surface area contributed by atoms with E-state index in [9.17, 15) is 14.0 Å². The van der Waals surface area contributed by atoms with Crippen LogP contribution in [-0.4, -0.2) is 22.5 Å². The van der Waals surface area contributed by atoms with E-state index in [1.807, 2.05) is 0 Å². The first kappa shape index (κ1) is 11.8. The molecule has 0 spiro atoms. The van der Waals surface area contributed by atoms with E-state index < -0.39 is 29.0 Å². The van der Waals surface area contributed by atoms with E-state index >= 15 is 0 Å². The second-order valence-electron chi connectivity index (χ2n) is 2.94. The number of aliphatic carboxylic acids is 1. The maximum atomic E-state index is 13.4. The lowest BCUT2D eigenvalue weighted by Crippen LogP contribution is -2.13. The molecule has 0 saturated heterocycles. The van der Waals surface area contributed by atoms with Crippen LogP contribution < -0.4 is 0 Å². The minimum atomic E-state index is -2.10. The summed E-state index contributed by atoms with van der Waals surface area (Å²) in [5.41, 5.74) is -1.16. The topological polar surface area (TPSA) is 98.4 Å². The van der Waals surface area contributed by atoms with Crippen molar-refractivity contribution >= 4 is 12.3 Å². The third-order valence-corrected chi connectivity index (χ3v) is 1.91. The first-order valence-corrected chi connectivity index (χ1v) is 4.10. The number of carboxylic acid groups (broad SMARTS) is 1. The van der Waals surface area contributed by atoms with Crippen LogP contribution in [0.15, 0.2) is 12.1 Å². The second-order valence-corrected chi connectivity index (χ2v) is 2.94. The van der Waals surface area contributed by atoms with E-state index in [0.29, 0.717) is 0 Å². The molecule has 0 aliphatic rings. The molecule has 0 aliphatic carbocycles. The number of carbonyl (C=O) groups is 2. The molecule has 1 atom stereocenters. The summed E-state index contributed by atoms with van der Waals surface area (Å²) >= 11 is 0. The maximum absolute atomic E-state index is 13.4. The second kappa shape index (κ2) is 4.51. The molecule has 1 unspecified atom stereocenters. The zero-order valence-electron chi connectivity index (χ0n) is 7.85. The van der Waals surface area contributed by atoms with Crippen molar-refractivity contribution in [3.63, 3.8) is 0 Å². The van der Waals surface area contributed by atoms with Gasteiger partial charge in [0.05, 0.1) is 17.2 Å². The molecule has 0 bridgehead atoms. The Morgan fingerprint density at radius 1 is 1.56 bits per heavy atom. The summed E-state index contributed by atoms with van der Waals surface area (Å²) in [4.78, 5) is 20.9. The molecule has 0 heterocycles. The first-order chi connectivity index (χ1) is 7.51. The Hall–Kier alpha value is -2.26. The summed E-state index contributed by atoms with van der Waals surface area (Å²) in [7, 11) is 0. The van der Waals surface area contributed by atoms with Gasteiger partial charge in [0.1, 0.15) is 5.82 Å². The number of carbonyl (C=O) groups excluding carboxylic acids is 1. The average Bonchev–Trinajstić information content (AvgIpc) is 2.28. The van der Waals surface area contributed by atoms with E-state index in [-0.39, 0.29) is 11.8 Å². The van der Waals surface area contributed by atoms with Gasteiger partial charge >= 0.3 is 5.97 Å². The van der Waals surface area contributed by atoms with Gasteiger partial charge in [0.15, 0.2) is 12.4 Å². The molecule has 16 heavy (non-hydrogen) atoms. The number of halogens is 1. The molecule has 6 heteroatoms. The van der Waals surface area contributed by atoms with Gasteiger partial charge < -0.3 is 10.2 Å². The van der Waals surface area contributed by atoms with Crippen LogP contribution in [0.5, 0.6) is 0 Å². The van der Waals surface area contributed by atoms with Gasteiger partial charge in [-0.05, 0) is 12.1 Å². The highest BCUT2D eigenvalue weighted by Gasteiger charge is 2.22. The van der Waals surface area contributed by atoms with Crippen molar-refractivity contribution in [2.45, 2.75) is 6.10 Å². The standard InChI is InChI=1S/C10H6FNO4/c11-8-6(4-13)1-5(3-12)2-7(8)9(14)10(15)16/h1-2,4,9,14H,(H,15,16). The molecule has 0 amide bonds. The zero-order valence-corrected chi connectivity index (χ0v) is 7.85. The van der Waals surface area contributed by atoms with Crippen molar-refractivity contribution in [2.24, 2.45) is 0 Å². The molecule has 82 valence electrons. The minimum absolute atomic E-state index is 0.0983. The number of aliphatic hydroxyl groups excluding tert-OH is 1. The molecule has 1 rings (SSSR count). The van der Waals surface area contributed by atoms with Crippen molar-refractivity contribution in [3.05, 3.63) is 34.6 Å². The molecule has 2 N–H and O–H groups in total. The quantitative estimate of drug-likeness (QED) is 0.732. The molecule has 0 radical (unpaired) electrons. The lowest BCUT2D eigenvalue weighted by Gasteiger charge is -2.08. The van der Waals surface area contributed by atoms with Crippen LogP contribution in [0.1, 0.15) is 27.6 Å². The highest BCUT2D eigenvalue weighted by atomic mass is 19.1. The van der Waals surface area contributed by atoms with Crippen LogP contribution in [0.4, 0.5) is 4.39 Å². The van der Waals surface area contributed by atoms with E-state index in [2.05, 4.69) is 0 Å². The summed E-state index contributed by atoms with van der Waals surface area (Å²) in [6.07, 6.45) is -1.96. The van der Waals surface area contributed by atoms with Crippen LogP contribution >= 0.6 is 0 Å². The van der Waals surface area contributed by atoms with Gasteiger partial charge in [-0.25, -0.2) is 9.18 Å². The molecular formula is C10H6FNO4. The third kappa shape index (κ3) is 2.04. The van der Waals surface area contributed by atoms with Gasteiger partial charge in [-0.3, -0.25) is 4.79 Å². The Balaban J connectivity index is 3.44. The predicted molar refractivity (Wildman–Crippen MR) is 49.1 cm³/mol. The van der Waals surface area contributed by atoms with Crippen LogP contribution in [0.3, 0.4) is 0 Å². The molecule has 1 aromatic carbocycles. The minimum Gasteiger partial charge on any atom is -0.479 e. The normalized spacial score (nSPS) is 11.6. The van der Waals surface area contributed by atoms with Gasteiger partial charge in [-0.1, -0.05) is 0 Å². The fraction of sp³-hybridized carbons (Fsp3) is 0.100. The van der Waals surface area contributed by atoms with E-state index in [4.69, 9.17) is 15.5 Å². The van der Waals surface area contributed by atoms with Crippen molar-refractivity contribution in [2.75, 3.05) is 0 Å². The third-order valence-electron chi connectivity index (χ3n) is 1.91. The van der Waals surface area contributed by atoms with Crippen LogP contribution in [0.25, 0.3) is 0 Å². The number of carboxylic acids is 1. The van der Waals surface area contributed by atoms with Gasteiger partial charge in [-0.15, -0.1) is 0 Å². The monoisotopic (exact) mass is 223 g/mol. The van der Waals surface area contributed by atoms with Crippen LogP contribution in [0, 0.1) is 17.1 Å². The van der Waals surface area contributed by atoms with E-state index in [0.717, 1.165) is 12.1 Å². The van der Waals surface area contributed by atoms with Crippen molar-refractivity contribution < 1.29 is 24.2 Å². The number of hydrogen-bond donors (Lipinski definition) is 2. The number of benzene rings is 1. The van der Waals surface area contributed by atoms with Gasteiger partial charge in [-0.2, -0.15) is 5.26 Å². The average molecular weight is 223 g/mol. The number of nitrogens with zero attached hydrogens (tertiary/aromatic N) is 1. The van der Waals surface area contributed by atoms with Gasteiger partial charge in [0.25, 0.3) is 0 Å². The van der Waals surface area contributed by atoms with E-state index in [1.54, 1.807) is 6.07 Å². The Morgan fingerprint density at radius 2 is 2.19 bits per heavy atom. The van der Waals surface area contributed by atoms with Crippen LogP contribution in [-0.2, 0) is 4.79 Å². The summed E-state index contributed by atoms with van der Waals surface area (Å²) in [5, 5.41) is 26.2. The largest absolute Gasteiger partial charge is 0.479 e. The first-order valence-electron chi connectivity index (χ1n) is 4.10. The zero-order chi connectivity index (χ0) is 12.3. The fourth-order valence-electron chi connectivity index (χ4n) is 1.15. The number of aliphatic hydroxyl groups is 1. The Bertz CT molecular complexity index is 492. The molecular weight excluding hydrogens is 217 g/mol. The number of rotatable bonds is 3. The lowest BCUT2D eigenvalue weighted by molar-refractivity contribution is -0.147. The lowest BCUT2D eigenvalue weighted by atomic mass is 10.0. The fourth-order valence-corrected chi connectivity index (χ4v) is 1.15. The Labute approximate surface area is 89.4 Å². The molecule has 0 aliphatic heterocycles. The van der Waals surface area contributed by atoms with Gasteiger partial charge in [0.2, 0.25) is 0 Å². The molecule has 5 nitrogen and oxygen atoms in total. The smallest absolute Gasteiger partial charge is 0.337 e. The van der Waals surface area contributed by atoms with Gasteiger partial charge in [0, 0.05) is 5.56 Å². The maximum Gasteiger partial charge on any atom is 0.337 e. The molecule has 1 aromatic rings. The highest BCUT2D eigenvalue weighted by Crippen LogP contribution is 2.21. The Morgan fingerprint density at radius 3 is 2.62 bits per heavy atom. The van der Waals surface area contributed by atoms with E-state index in [1.165, 1.54) is 0 Å². The summed E-state index contributed by atoms with van der Waals surface area (Å²) in [6, 6.07) is 3.50. The van der Waals surface area contributed by atoms with Crippen molar-refractivity contribution in [3.8, 4) is 6.07 Å². The molecule has 0 fully saturated rings. The SMILES string of the molecule is N#Cc1cc(C=O)c(F)c(C(O)C(=O)O)c1. The van der Waals surface area contributed by atoms with Crippen LogP contribution in [0.2, 0.25) is 0 Å². The van der Waals surface area contributed by atoms with Crippen molar-refractivity contribution in [1.82, 2.24) is 0 Å². The summed E-state index contributed by atoms with van der Waals surface area (Å²) in [5.74, 6) is -2.80. The Kier molecular flexibility index (Phi) is 3.33. The van der Waals surface area contributed by atoms with Crippen molar-refractivity contribution in [1.29, 1.82) is 5.26 Å². The molecule has 0 aromatic heterocycles. The summed E-state index contributed by atoms with van der Waals surface area (Å²) in [6.45, 7) is 0. The number of aldehydes is 1. The number of nitriles is 1. The molecule has 0 saturated carbocycles. The summed E-state index contributed by atoms with van der Waals surface area (Å²) < 4.78 is 13.4. The number of hydrogen-bond acceptors (Lipinski definition) is 4. The predicted octanol–water partition coefficient (Wildman–Crippen LogP) is 0.628. The highest BCUT2D eigenvalue weighted by molar-refractivity contribution is 5.79.